The number of hydrogen-bond acceptors (Lipinski definition) is 3. The summed E-state index contributed by atoms with van der Waals surface area (Å²) in [5.74, 6) is 1.68. The van der Waals surface area contributed by atoms with E-state index < -0.39 is 0 Å². The minimum absolute atomic E-state index is 0.201. The van der Waals surface area contributed by atoms with Gasteiger partial charge in [-0.2, -0.15) is 0 Å². The van der Waals surface area contributed by atoms with Crippen LogP contribution in [0.1, 0.15) is 5.56 Å². The first-order chi connectivity index (χ1) is 8.74. The van der Waals surface area contributed by atoms with E-state index in [2.05, 4.69) is 0 Å². The summed E-state index contributed by atoms with van der Waals surface area (Å²) in [7, 11) is 0. The molecule has 0 atom stereocenters. The molecule has 0 saturated carbocycles. The summed E-state index contributed by atoms with van der Waals surface area (Å²) in [6.07, 6.45) is 0. The van der Waals surface area contributed by atoms with Crippen LogP contribution in [0.2, 0.25) is 0 Å². The Morgan fingerprint density at radius 2 is 1.50 bits per heavy atom. The molecule has 3 heteroatoms. The molecule has 0 fully saturated rings. The van der Waals surface area contributed by atoms with Crippen molar-refractivity contribution >= 4 is 0 Å². The first kappa shape index (κ1) is 12.3. The molecular weight excluding hydrogens is 228 g/mol. The molecule has 0 aliphatic rings. The largest absolute Gasteiger partial charge is 0.508 e. The molecule has 1 N–H and O–H groups in total. The second-order valence-corrected chi connectivity index (χ2v) is 4.01. The molecule has 0 saturated heterocycles. The Morgan fingerprint density at radius 1 is 0.889 bits per heavy atom. The third kappa shape index (κ3) is 3.70. The maximum atomic E-state index is 9.27. The average molecular weight is 244 g/mol. The van der Waals surface area contributed by atoms with Gasteiger partial charge in [0.25, 0.3) is 0 Å². The van der Waals surface area contributed by atoms with Crippen molar-refractivity contribution < 1.29 is 14.6 Å². The standard InChI is InChI=1S/C15H16O3/c1-12-4-2-6-14(10-12)17-8-9-18-15-7-3-5-13(16)11-15/h2-7,10-11,16H,8-9H2,1H3. The molecule has 0 heterocycles. The lowest BCUT2D eigenvalue weighted by molar-refractivity contribution is 0.216. The number of aryl methyl sites for hydroxylation is 1. The summed E-state index contributed by atoms with van der Waals surface area (Å²) in [5, 5.41) is 9.27. The predicted octanol–water partition coefficient (Wildman–Crippen LogP) is 3.16. The van der Waals surface area contributed by atoms with E-state index in [4.69, 9.17) is 9.47 Å². The number of ether oxygens (including phenoxy) is 2. The van der Waals surface area contributed by atoms with Crippen LogP contribution >= 0.6 is 0 Å². The van der Waals surface area contributed by atoms with E-state index in [-0.39, 0.29) is 5.75 Å². The van der Waals surface area contributed by atoms with E-state index in [1.54, 1.807) is 24.3 Å². The number of phenols is 1. The molecular formula is C15H16O3. The van der Waals surface area contributed by atoms with Crippen molar-refractivity contribution in [3.8, 4) is 17.2 Å². The Hall–Kier alpha value is -2.16. The first-order valence-corrected chi connectivity index (χ1v) is 5.85. The highest BCUT2D eigenvalue weighted by Crippen LogP contribution is 2.17. The molecule has 2 rings (SSSR count). The van der Waals surface area contributed by atoms with Crippen LogP contribution in [0.4, 0.5) is 0 Å². The smallest absolute Gasteiger partial charge is 0.123 e. The Labute approximate surface area is 107 Å². The molecule has 3 nitrogen and oxygen atoms in total. The van der Waals surface area contributed by atoms with Crippen LogP contribution < -0.4 is 9.47 Å². The normalized spacial score (nSPS) is 10.1. The fraction of sp³-hybridized carbons (Fsp3) is 0.200. The molecule has 0 aliphatic carbocycles. The van der Waals surface area contributed by atoms with Crippen LogP contribution in [-0.2, 0) is 0 Å². The van der Waals surface area contributed by atoms with Crippen LogP contribution in [0, 0.1) is 6.92 Å². The van der Waals surface area contributed by atoms with Gasteiger partial charge in [0.05, 0.1) is 0 Å². The maximum Gasteiger partial charge on any atom is 0.123 e. The molecule has 2 aromatic rings. The summed E-state index contributed by atoms with van der Waals surface area (Å²) in [5.41, 5.74) is 1.17. The highest BCUT2D eigenvalue weighted by atomic mass is 16.5. The predicted molar refractivity (Wildman–Crippen MR) is 70.3 cm³/mol. The van der Waals surface area contributed by atoms with Crippen molar-refractivity contribution in [2.75, 3.05) is 13.2 Å². The van der Waals surface area contributed by atoms with E-state index in [1.807, 2.05) is 31.2 Å². The summed E-state index contributed by atoms with van der Waals surface area (Å²) in [6.45, 7) is 2.94. The quantitative estimate of drug-likeness (QED) is 0.821. The molecule has 0 aromatic heterocycles. The molecule has 0 amide bonds. The number of rotatable bonds is 5. The Morgan fingerprint density at radius 3 is 2.11 bits per heavy atom. The van der Waals surface area contributed by atoms with Crippen molar-refractivity contribution in [2.24, 2.45) is 0 Å². The van der Waals surface area contributed by atoms with Crippen molar-refractivity contribution in [1.82, 2.24) is 0 Å². The zero-order chi connectivity index (χ0) is 12.8. The minimum Gasteiger partial charge on any atom is -0.508 e. The lowest BCUT2D eigenvalue weighted by Crippen LogP contribution is -2.08. The summed E-state index contributed by atoms with van der Waals surface area (Å²) < 4.78 is 11.0. The third-order valence-electron chi connectivity index (χ3n) is 2.43. The fourth-order valence-electron chi connectivity index (χ4n) is 1.60. The summed E-state index contributed by atoms with van der Waals surface area (Å²) >= 11 is 0. The van der Waals surface area contributed by atoms with Gasteiger partial charge in [-0.25, -0.2) is 0 Å². The SMILES string of the molecule is Cc1cccc(OCCOc2cccc(O)c2)c1. The van der Waals surface area contributed by atoms with Crippen molar-refractivity contribution in [3.05, 3.63) is 54.1 Å². The van der Waals surface area contributed by atoms with Gasteiger partial charge in [0.2, 0.25) is 0 Å². The Bertz CT molecular complexity index is 461. The topological polar surface area (TPSA) is 38.7 Å². The second-order valence-electron chi connectivity index (χ2n) is 4.01. The summed E-state index contributed by atoms with van der Waals surface area (Å²) in [4.78, 5) is 0. The highest BCUT2D eigenvalue weighted by Gasteiger charge is 1.97. The second kappa shape index (κ2) is 5.96. The lowest BCUT2D eigenvalue weighted by Gasteiger charge is -2.08. The molecule has 0 aliphatic heterocycles. The van der Waals surface area contributed by atoms with Crippen LogP contribution in [0.3, 0.4) is 0 Å². The van der Waals surface area contributed by atoms with E-state index >= 15 is 0 Å². The van der Waals surface area contributed by atoms with Gasteiger partial charge in [-0.1, -0.05) is 18.2 Å². The summed E-state index contributed by atoms with van der Waals surface area (Å²) in [6, 6.07) is 14.6. The van der Waals surface area contributed by atoms with Gasteiger partial charge >= 0.3 is 0 Å². The van der Waals surface area contributed by atoms with Gasteiger partial charge in [0.15, 0.2) is 0 Å². The molecule has 2 aromatic carbocycles. The molecule has 0 spiro atoms. The van der Waals surface area contributed by atoms with E-state index in [1.165, 1.54) is 5.56 Å². The average Bonchev–Trinajstić information content (AvgIpc) is 2.35. The molecule has 0 bridgehead atoms. The number of phenolic OH excluding ortho intramolecular Hbond substituents is 1. The van der Waals surface area contributed by atoms with Crippen LogP contribution in [0.5, 0.6) is 17.2 Å². The van der Waals surface area contributed by atoms with Crippen LogP contribution in [0.15, 0.2) is 48.5 Å². The Balaban J connectivity index is 1.76. The molecule has 94 valence electrons. The zero-order valence-electron chi connectivity index (χ0n) is 10.3. The van der Waals surface area contributed by atoms with E-state index in [0.29, 0.717) is 19.0 Å². The zero-order valence-corrected chi connectivity index (χ0v) is 10.3. The van der Waals surface area contributed by atoms with Gasteiger partial charge in [-0.3, -0.25) is 0 Å². The Kier molecular flexibility index (Phi) is 4.07. The molecule has 0 radical (unpaired) electrons. The number of aromatic hydroxyl groups is 1. The van der Waals surface area contributed by atoms with Gasteiger partial charge in [-0.15, -0.1) is 0 Å². The van der Waals surface area contributed by atoms with Gasteiger partial charge < -0.3 is 14.6 Å². The van der Waals surface area contributed by atoms with E-state index in [9.17, 15) is 5.11 Å². The molecule has 0 unspecified atom stereocenters. The number of hydrogen-bond donors (Lipinski definition) is 1. The molecule has 18 heavy (non-hydrogen) atoms. The highest BCUT2D eigenvalue weighted by molar-refractivity contribution is 5.31. The van der Waals surface area contributed by atoms with Crippen molar-refractivity contribution in [2.45, 2.75) is 6.92 Å². The van der Waals surface area contributed by atoms with E-state index in [0.717, 1.165) is 5.75 Å². The van der Waals surface area contributed by atoms with Crippen molar-refractivity contribution in [3.63, 3.8) is 0 Å². The van der Waals surface area contributed by atoms with Gasteiger partial charge in [-0.05, 0) is 36.8 Å². The lowest BCUT2D eigenvalue weighted by atomic mass is 10.2. The minimum atomic E-state index is 0.201. The number of benzene rings is 2. The first-order valence-electron chi connectivity index (χ1n) is 5.85. The van der Waals surface area contributed by atoms with Crippen molar-refractivity contribution in [1.29, 1.82) is 0 Å². The van der Waals surface area contributed by atoms with Gasteiger partial charge in [0, 0.05) is 6.07 Å². The fourth-order valence-corrected chi connectivity index (χ4v) is 1.60. The van der Waals surface area contributed by atoms with Gasteiger partial charge in [0.1, 0.15) is 30.5 Å². The monoisotopic (exact) mass is 244 g/mol. The van der Waals surface area contributed by atoms with Crippen LogP contribution in [-0.4, -0.2) is 18.3 Å². The third-order valence-corrected chi connectivity index (χ3v) is 2.43. The van der Waals surface area contributed by atoms with Crippen LogP contribution in [0.25, 0.3) is 0 Å². The maximum absolute atomic E-state index is 9.27.